The summed E-state index contributed by atoms with van der Waals surface area (Å²) in [6.45, 7) is 3.84. The quantitative estimate of drug-likeness (QED) is 0.846. The molecule has 1 aromatic heterocycles. The summed E-state index contributed by atoms with van der Waals surface area (Å²) in [7, 11) is 0. The zero-order valence-corrected chi connectivity index (χ0v) is 13.9. The summed E-state index contributed by atoms with van der Waals surface area (Å²) in [6.07, 6.45) is 7.65. The molecule has 3 fully saturated rings. The van der Waals surface area contributed by atoms with Gasteiger partial charge in [0.05, 0.1) is 0 Å². The molecule has 2 aliphatic carbocycles. The van der Waals surface area contributed by atoms with Crippen LogP contribution in [0, 0.1) is 18.8 Å². The van der Waals surface area contributed by atoms with Crippen molar-refractivity contribution >= 4 is 17.3 Å². The van der Waals surface area contributed by atoms with Crippen LogP contribution in [0.3, 0.4) is 0 Å². The van der Waals surface area contributed by atoms with Crippen molar-refractivity contribution in [2.75, 3.05) is 13.1 Å². The second-order valence-electron chi connectivity index (χ2n) is 7.17. The van der Waals surface area contributed by atoms with Gasteiger partial charge in [-0.25, -0.2) is 0 Å². The van der Waals surface area contributed by atoms with E-state index in [9.17, 15) is 0 Å². The summed E-state index contributed by atoms with van der Waals surface area (Å²) in [5.41, 5.74) is 0. The lowest BCUT2D eigenvalue weighted by atomic mass is 9.95. The number of hydrogen-bond acceptors (Lipinski definition) is 4. The van der Waals surface area contributed by atoms with Crippen LogP contribution in [0.15, 0.2) is 4.52 Å². The van der Waals surface area contributed by atoms with Gasteiger partial charge in [0.2, 0.25) is 5.89 Å². The van der Waals surface area contributed by atoms with E-state index in [1.165, 1.54) is 25.7 Å². The monoisotopic (exact) mass is 320 g/mol. The Bertz CT molecular complexity index is 552. The highest BCUT2D eigenvalue weighted by molar-refractivity contribution is 7.80. The van der Waals surface area contributed by atoms with Gasteiger partial charge in [-0.05, 0) is 63.1 Å². The number of fused-ring (bicyclic) bond motifs is 2. The molecule has 2 saturated carbocycles. The van der Waals surface area contributed by atoms with E-state index >= 15 is 0 Å². The Labute approximate surface area is 136 Å². The van der Waals surface area contributed by atoms with E-state index in [1.807, 2.05) is 6.92 Å². The summed E-state index contributed by atoms with van der Waals surface area (Å²) < 4.78 is 5.31. The van der Waals surface area contributed by atoms with Gasteiger partial charge < -0.3 is 14.7 Å². The Morgan fingerprint density at radius 2 is 2.05 bits per heavy atom. The van der Waals surface area contributed by atoms with Crippen molar-refractivity contribution in [1.82, 2.24) is 20.4 Å². The lowest BCUT2D eigenvalue weighted by molar-refractivity contribution is 0.259. The van der Waals surface area contributed by atoms with Crippen molar-refractivity contribution in [1.29, 1.82) is 0 Å². The molecule has 0 amide bonds. The molecule has 1 aliphatic heterocycles. The molecule has 22 heavy (non-hydrogen) atoms. The Balaban J connectivity index is 1.29. The fraction of sp³-hybridized carbons (Fsp3) is 0.812. The smallest absolute Gasteiger partial charge is 0.229 e. The minimum atomic E-state index is 0.391. The highest BCUT2D eigenvalue weighted by Crippen LogP contribution is 2.44. The maximum Gasteiger partial charge on any atom is 0.229 e. The largest absolute Gasteiger partial charge is 0.360 e. The number of thiocarbonyl (C=S) groups is 1. The normalized spacial score (nSPS) is 31.7. The molecule has 120 valence electrons. The Hall–Kier alpha value is -1.17. The number of nitrogens with zero attached hydrogens (tertiary/aromatic N) is 3. The molecule has 3 aliphatic rings. The number of aromatic nitrogens is 2. The molecular formula is C16H24N4OS. The van der Waals surface area contributed by atoms with Crippen LogP contribution in [-0.4, -0.2) is 39.3 Å². The lowest BCUT2D eigenvalue weighted by Gasteiger charge is -2.35. The zero-order valence-electron chi connectivity index (χ0n) is 13.1. The SMILES string of the molecule is Cc1noc(C2CCN(C(=S)NC3CC4CCC3C4)CC2)n1. The number of hydrogen-bond donors (Lipinski definition) is 1. The molecule has 6 heteroatoms. The standard InChI is InChI=1S/C16H24N4OS/c1-10-17-15(21-19-10)12-4-6-20(7-5-12)16(22)18-14-9-11-2-3-13(14)8-11/h11-14H,2-9H2,1H3,(H,18,22). The maximum absolute atomic E-state index is 5.65. The molecular weight excluding hydrogens is 296 g/mol. The van der Waals surface area contributed by atoms with Crippen LogP contribution in [0.2, 0.25) is 0 Å². The number of likely N-dealkylation sites (tertiary alicyclic amines) is 1. The van der Waals surface area contributed by atoms with Crippen LogP contribution in [0.1, 0.15) is 56.2 Å². The average Bonchev–Trinajstić information content (AvgIpc) is 3.24. The van der Waals surface area contributed by atoms with E-state index in [2.05, 4.69) is 20.4 Å². The number of piperidine rings is 1. The second-order valence-corrected chi connectivity index (χ2v) is 7.56. The highest BCUT2D eigenvalue weighted by Gasteiger charge is 2.40. The lowest BCUT2D eigenvalue weighted by Crippen LogP contribution is -2.48. The van der Waals surface area contributed by atoms with Crippen molar-refractivity contribution in [2.24, 2.45) is 11.8 Å². The highest BCUT2D eigenvalue weighted by atomic mass is 32.1. The Kier molecular flexibility index (Phi) is 3.80. The van der Waals surface area contributed by atoms with Crippen LogP contribution in [0.25, 0.3) is 0 Å². The summed E-state index contributed by atoms with van der Waals surface area (Å²) in [4.78, 5) is 6.69. The van der Waals surface area contributed by atoms with E-state index in [-0.39, 0.29) is 0 Å². The molecule has 2 bridgehead atoms. The fourth-order valence-corrected chi connectivity index (χ4v) is 4.81. The first kappa shape index (κ1) is 14.4. The molecule has 0 aromatic carbocycles. The first-order valence-corrected chi connectivity index (χ1v) is 8.95. The maximum atomic E-state index is 5.65. The topological polar surface area (TPSA) is 54.2 Å². The van der Waals surface area contributed by atoms with Gasteiger partial charge in [0.25, 0.3) is 0 Å². The summed E-state index contributed by atoms with van der Waals surface area (Å²) in [5.74, 6) is 3.73. The van der Waals surface area contributed by atoms with Crippen molar-refractivity contribution in [3.63, 3.8) is 0 Å². The Morgan fingerprint density at radius 3 is 2.64 bits per heavy atom. The molecule has 4 rings (SSSR count). The number of nitrogens with one attached hydrogen (secondary N) is 1. The van der Waals surface area contributed by atoms with Gasteiger partial charge in [0.15, 0.2) is 10.9 Å². The van der Waals surface area contributed by atoms with Gasteiger partial charge in [-0.3, -0.25) is 0 Å². The fourth-order valence-electron chi connectivity index (χ4n) is 4.48. The van der Waals surface area contributed by atoms with Crippen LogP contribution in [0.4, 0.5) is 0 Å². The predicted molar refractivity (Wildman–Crippen MR) is 87.6 cm³/mol. The summed E-state index contributed by atoms with van der Waals surface area (Å²) >= 11 is 5.65. The van der Waals surface area contributed by atoms with Crippen molar-refractivity contribution in [2.45, 2.75) is 57.4 Å². The summed E-state index contributed by atoms with van der Waals surface area (Å²) in [5, 5.41) is 8.50. The molecule has 5 nitrogen and oxygen atoms in total. The second kappa shape index (κ2) is 5.80. The van der Waals surface area contributed by atoms with Gasteiger partial charge in [-0.1, -0.05) is 11.6 Å². The van der Waals surface area contributed by atoms with Gasteiger partial charge in [-0.15, -0.1) is 0 Å². The minimum Gasteiger partial charge on any atom is -0.360 e. The number of aryl methyl sites for hydroxylation is 1. The van der Waals surface area contributed by atoms with Crippen molar-refractivity contribution < 1.29 is 4.52 Å². The first-order valence-electron chi connectivity index (χ1n) is 8.54. The van der Waals surface area contributed by atoms with E-state index < -0.39 is 0 Å². The van der Waals surface area contributed by atoms with Gasteiger partial charge in [0.1, 0.15) is 0 Å². The molecule has 1 N–H and O–H groups in total. The Morgan fingerprint density at radius 1 is 1.23 bits per heavy atom. The predicted octanol–water partition coefficient (Wildman–Crippen LogP) is 2.62. The zero-order chi connectivity index (χ0) is 15.1. The van der Waals surface area contributed by atoms with Gasteiger partial charge in [-0.2, -0.15) is 4.98 Å². The molecule has 1 saturated heterocycles. The molecule has 3 atom stereocenters. The van der Waals surface area contributed by atoms with Crippen LogP contribution >= 0.6 is 12.2 Å². The van der Waals surface area contributed by atoms with Crippen LogP contribution < -0.4 is 5.32 Å². The third kappa shape index (κ3) is 2.73. The third-order valence-electron chi connectivity index (χ3n) is 5.72. The molecule has 2 heterocycles. The van der Waals surface area contributed by atoms with E-state index in [0.29, 0.717) is 12.0 Å². The van der Waals surface area contributed by atoms with E-state index in [4.69, 9.17) is 16.7 Å². The molecule has 1 aromatic rings. The van der Waals surface area contributed by atoms with Crippen LogP contribution in [0.5, 0.6) is 0 Å². The molecule has 0 spiro atoms. The third-order valence-corrected chi connectivity index (χ3v) is 6.10. The minimum absolute atomic E-state index is 0.391. The molecule has 0 radical (unpaired) electrons. The average molecular weight is 320 g/mol. The van der Waals surface area contributed by atoms with E-state index in [0.717, 1.165) is 54.6 Å². The van der Waals surface area contributed by atoms with Gasteiger partial charge >= 0.3 is 0 Å². The summed E-state index contributed by atoms with van der Waals surface area (Å²) in [6, 6.07) is 0.627. The first-order chi connectivity index (χ1) is 10.7. The van der Waals surface area contributed by atoms with Crippen molar-refractivity contribution in [3.8, 4) is 0 Å². The van der Waals surface area contributed by atoms with Gasteiger partial charge in [0, 0.05) is 25.0 Å². The van der Waals surface area contributed by atoms with E-state index in [1.54, 1.807) is 0 Å². The van der Waals surface area contributed by atoms with Crippen molar-refractivity contribution in [3.05, 3.63) is 11.7 Å². The molecule has 3 unspecified atom stereocenters. The number of rotatable bonds is 2. The van der Waals surface area contributed by atoms with Crippen LogP contribution in [-0.2, 0) is 0 Å².